The Morgan fingerprint density at radius 2 is 1.96 bits per heavy atom. The number of hydrogen-bond donors (Lipinski definition) is 0. The van der Waals surface area contributed by atoms with E-state index in [4.69, 9.17) is 0 Å². The van der Waals surface area contributed by atoms with Crippen LogP contribution in [0.4, 0.5) is 0 Å². The maximum atomic E-state index is 12.6. The summed E-state index contributed by atoms with van der Waals surface area (Å²) < 4.78 is 22.5. The van der Waals surface area contributed by atoms with E-state index in [0.717, 1.165) is 37.8 Å². The van der Waals surface area contributed by atoms with Crippen LogP contribution >= 0.6 is 0 Å². The molecule has 1 aromatic rings. The first kappa shape index (κ1) is 18.7. The largest absolute Gasteiger partial charge is 0.336 e. The van der Waals surface area contributed by atoms with E-state index in [1.54, 1.807) is 0 Å². The summed E-state index contributed by atoms with van der Waals surface area (Å²) in [5.74, 6) is 0.153. The van der Waals surface area contributed by atoms with Gasteiger partial charge in [-0.15, -0.1) is 0 Å². The van der Waals surface area contributed by atoms with E-state index in [1.165, 1.54) is 6.26 Å². The minimum Gasteiger partial charge on any atom is -0.336 e. The quantitative estimate of drug-likeness (QED) is 0.792. The predicted octanol–water partition coefficient (Wildman–Crippen LogP) is 3.30. The summed E-state index contributed by atoms with van der Waals surface area (Å²) in [4.78, 5) is 14.5. The highest BCUT2D eigenvalue weighted by Crippen LogP contribution is 2.20. The van der Waals surface area contributed by atoms with Crippen LogP contribution in [0, 0.1) is 0 Å². The Balaban J connectivity index is 2.00. The predicted molar refractivity (Wildman–Crippen MR) is 98.4 cm³/mol. The molecular weight excluding hydrogens is 322 g/mol. The summed E-state index contributed by atoms with van der Waals surface area (Å²) in [6.07, 6.45) is 10.4. The van der Waals surface area contributed by atoms with Gasteiger partial charge in [0.2, 0.25) is 5.91 Å². The van der Waals surface area contributed by atoms with Crippen molar-refractivity contribution in [3.63, 3.8) is 0 Å². The Kier molecular flexibility index (Phi) is 7.03. The number of sulfone groups is 1. The van der Waals surface area contributed by atoms with Crippen LogP contribution in [-0.2, 0) is 14.6 Å². The van der Waals surface area contributed by atoms with Crippen LogP contribution in [0.15, 0.2) is 36.4 Å². The normalized spacial score (nSPS) is 19.4. The molecule has 0 saturated carbocycles. The third kappa shape index (κ3) is 6.48. The number of rotatable bonds is 6. The van der Waals surface area contributed by atoms with Crippen LogP contribution in [0.1, 0.15) is 44.1 Å². The summed E-state index contributed by atoms with van der Waals surface area (Å²) in [7, 11) is -3.00. The van der Waals surface area contributed by atoms with E-state index in [0.29, 0.717) is 12.8 Å². The number of likely N-dealkylation sites (tertiary alicyclic amines) is 1. The molecule has 0 radical (unpaired) electrons. The molecule has 5 heteroatoms. The fourth-order valence-corrected chi connectivity index (χ4v) is 3.73. The lowest BCUT2D eigenvalue weighted by Crippen LogP contribution is -2.39. The minimum absolute atomic E-state index is 0.0725. The number of carbonyl (C=O) groups is 1. The monoisotopic (exact) mass is 349 g/mol. The maximum absolute atomic E-state index is 12.6. The SMILES string of the molecule is CS(=O)(=O)CCCC(=O)N1CCCCC[C@@H]1/C=C/c1ccccc1. The van der Waals surface area contributed by atoms with Crippen molar-refractivity contribution in [1.29, 1.82) is 0 Å². The first-order chi connectivity index (χ1) is 11.5. The molecule has 1 atom stereocenters. The van der Waals surface area contributed by atoms with Crippen LogP contribution in [0.2, 0.25) is 0 Å². The van der Waals surface area contributed by atoms with E-state index >= 15 is 0 Å². The zero-order valence-corrected chi connectivity index (χ0v) is 15.2. The molecule has 0 aromatic heterocycles. The second-order valence-electron chi connectivity index (χ2n) is 6.51. The molecule has 1 aliphatic heterocycles. The summed E-state index contributed by atoms with van der Waals surface area (Å²) in [6, 6.07) is 10.2. The topological polar surface area (TPSA) is 54.5 Å². The summed E-state index contributed by atoms with van der Waals surface area (Å²) in [5, 5.41) is 0. The Morgan fingerprint density at radius 3 is 2.67 bits per heavy atom. The van der Waals surface area contributed by atoms with Gasteiger partial charge in [0.05, 0.1) is 11.8 Å². The molecule has 1 aromatic carbocycles. The molecule has 1 fully saturated rings. The zero-order valence-electron chi connectivity index (χ0n) is 14.4. The molecule has 2 rings (SSSR count). The molecule has 0 aliphatic carbocycles. The van der Waals surface area contributed by atoms with Gasteiger partial charge in [0.1, 0.15) is 9.84 Å². The smallest absolute Gasteiger partial charge is 0.223 e. The highest BCUT2D eigenvalue weighted by atomic mass is 32.2. The van der Waals surface area contributed by atoms with Crippen molar-refractivity contribution in [2.24, 2.45) is 0 Å². The van der Waals surface area contributed by atoms with Crippen LogP contribution in [0.5, 0.6) is 0 Å². The van der Waals surface area contributed by atoms with E-state index < -0.39 is 9.84 Å². The summed E-state index contributed by atoms with van der Waals surface area (Å²) in [6.45, 7) is 0.765. The van der Waals surface area contributed by atoms with Crippen molar-refractivity contribution in [2.75, 3.05) is 18.6 Å². The second kappa shape index (κ2) is 9.02. The van der Waals surface area contributed by atoms with E-state index in [2.05, 4.69) is 12.2 Å². The number of nitrogens with zero attached hydrogens (tertiary/aromatic N) is 1. The van der Waals surface area contributed by atoms with E-state index in [-0.39, 0.29) is 17.7 Å². The average Bonchev–Trinajstić information content (AvgIpc) is 2.78. The molecule has 0 unspecified atom stereocenters. The lowest BCUT2D eigenvalue weighted by atomic mass is 10.1. The van der Waals surface area contributed by atoms with Gasteiger partial charge < -0.3 is 4.90 Å². The fourth-order valence-electron chi connectivity index (χ4n) is 3.06. The van der Waals surface area contributed by atoms with Gasteiger partial charge in [-0.25, -0.2) is 8.42 Å². The van der Waals surface area contributed by atoms with Crippen LogP contribution in [-0.4, -0.2) is 43.8 Å². The molecule has 132 valence electrons. The van der Waals surface area contributed by atoms with Crippen molar-refractivity contribution in [1.82, 2.24) is 4.90 Å². The molecule has 1 aliphatic rings. The molecule has 1 saturated heterocycles. The van der Waals surface area contributed by atoms with Crippen molar-refractivity contribution in [3.05, 3.63) is 42.0 Å². The lowest BCUT2D eigenvalue weighted by molar-refractivity contribution is -0.132. The Labute approximate surface area is 145 Å². The van der Waals surface area contributed by atoms with Gasteiger partial charge in [0, 0.05) is 19.2 Å². The average molecular weight is 349 g/mol. The molecule has 0 N–H and O–H groups in total. The maximum Gasteiger partial charge on any atom is 0.223 e. The van der Waals surface area contributed by atoms with Gasteiger partial charge in [-0.1, -0.05) is 55.3 Å². The third-order valence-corrected chi connectivity index (χ3v) is 5.37. The second-order valence-corrected chi connectivity index (χ2v) is 8.77. The molecule has 0 spiro atoms. The standard InChI is InChI=1S/C19H27NO3S/c1-24(22,23)16-8-12-19(21)20-15-7-3-6-11-18(20)14-13-17-9-4-2-5-10-17/h2,4-5,9-10,13-14,18H,3,6-8,11-12,15-16H2,1H3/b14-13+/t18-/m1/s1. The van der Waals surface area contributed by atoms with Crippen molar-refractivity contribution < 1.29 is 13.2 Å². The molecule has 24 heavy (non-hydrogen) atoms. The molecule has 4 nitrogen and oxygen atoms in total. The van der Waals surface area contributed by atoms with Gasteiger partial charge >= 0.3 is 0 Å². The van der Waals surface area contributed by atoms with E-state index in [1.807, 2.05) is 35.2 Å². The minimum atomic E-state index is -3.00. The first-order valence-electron chi connectivity index (χ1n) is 8.66. The Morgan fingerprint density at radius 1 is 1.21 bits per heavy atom. The third-order valence-electron chi connectivity index (χ3n) is 4.34. The highest BCUT2D eigenvalue weighted by molar-refractivity contribution is 7.90. The van der Waals surface area contributed by atoms with Gasteiger partial charge in [-0.3, -0.25) is 4.79 Å². The number of amides is 1. The van der Waals surface area contributed by atoms with Gasteiger partial charge in [-0.2, -0.15) is 0 Å². The summed E-state index contributed by atoms with van der Waals surface area (Å²) in [5.41, 5.74) is 1.13. The Hall–Kier alpha value is -1.62. The summed E-state index contributed by atoms with van der Waals surface area (Å²) >= 11 is 0. The van der Waals surface area contributed by atoms with Crippen LogP contribution in [0.25, 0.3) is 6.08 Å². The Bertz CT molecular complexity index is 652. The van der Waals surface area contributed by atoms with Crippen molar-refractivity contribution in [2.45, 2.75) is 44.6 Å². The number of carbonyl (C=O) groups excluding carboxylic acids is 1. The fraction of sp³-hybridized carbons (Fsp3) is 0.526. The lowest BCUT2D eigenvalue weighted by Gasteiger charge is -2.28. The van der Waals surface area contributed by atoms with E-state index in [9.17, 15) is 13.2 Å². The van der Waals surface area contributed by atoms with Crippen molar-refractivity contribution in [3.8, 4) is 0 Å². The number of hydrogen-bond acceptors (Lipinski definition) is 3. The van der Waals surface area contributed by atoms with Gasteiger partial charge in [-0.05, 0) is 24.8 Å². The first-order valence-corrected chi connectivity index (χ1v) is 10.7. The molecule has 0 bridgehead atoms. The number of benzene rings is 1. The molecule has 1 heterocycles. The van der Waals surface area contributed by atoms with Gasteiger partial charge in [0.25, 0.3) is 0 Å². The van der Waals surface area contributed by atoms with Crippen LogP contribution in [0.3, 0.4) is 0 Å². The van der Waals surface area contributed by atoms with Gasteiger partial charge in [0.15, 0.2) is 0 Å². The molecular formula is C19H27NO3S. The van der Waals surface area contributed by atoms with Crippen LogP contribution < -0.4 is 0 Å². The zero-order chi connectivity index (χ0) is 17.4. The van der Waals surface area contributed by atoms with Crippen molar-refractivity contribution >= 4 is 21.8 Å². The molecule has 1 amide bonds. The highest BCUT2D eigenvalue weighted by Gasteiger charge is 2.23.